The van der Waals surface area contributed by atoms with Gasteiger partial charge in [0.1, 0.15) is 6.54 Å². The highest BCUT2D eigenvalue weighted by molar-refractivity contribution is 7.92. The van der Waals surface area contributed by atoms with Crippen LogP contribution in [0.25, 0.3) is 0 Å². The van der Waals surface area contributed by atoms with Crippen molar-refractivity contribution < 1.29 is 27.4 Å². The second-order valence-corrected chi connectivity index (χ2v) is 10.3. The fraction of sp³-hybridized carbons (Fsp3) is 0.435. The van der Waals surface area contributed by atoms with Gasteiger partial charge in [-0.15, -0.1) is 0 Å². The molecule has 0 radical (unpaired) electrons. The Labute approximate surface area is 190 Å². The lowest BCUT2D eigenvalue weighted by Crippen LogP contribution is -2.40. The van der Waals surface area contributed by atoms with E-state index in [-0.39, 0.29) is 18.5 Å². The van der Waals surface area contributed by atoms with Crippen molar-refractivity contribution >= 4 is 21.6 Å². The summed E-state index contributed by atoms with van der Waals surface area (Å²) in [5.74, 6) is 0.941. The molecule has 1 N–H and O–H groups in total. The van der Waals surface area contributed by atoms with Crippen LogP contribution in [0.4, 0.5) is 5.69 Å². The maximum Gasteiger partial charge on any atom is 0.241 e. The van der Waals surface area contributed by atoms with Crippen molar-refractivity contribution in [1.29, 1.82) is 0 Å². The summed E-state index contributed by atoms with van der Waals surface area (Å²) in [7, 11) is 0.868. The summed E-state index contributed by atoms with van der Waals surface area (Å²) in [5.41, 5.74) is 2.16. The molecule has 8 nitrogen and oxygen atoms in total. The molecule has 0 unspecified atom stereocenters. The lowest BCUT2D eigenvalue weighted by atomic mass is 9.87. The molecule has 2 rings (SSSR count). The predicted molar refractivity (Wildman–Crippen MR) is 125 cm³/mol. The van der Waals surface area contributed by atoms with Crippen molar-refractivity contribution in [2.45, 2.75) is 32.7 Å². The minimum atomic E-state index is -3.66. The van der Waals surface area contributed by atoms with Gasteiger partial charge < -0.3 is 19.5 Å². The zero-order chi connectivity index (χ0) is 24.1. The molecule has 1 amide bonds. The fourth-order valence-electron chi connectivity index (χ4n) is 3.15. The summed E-state index contributed by atoms with van der Waals surface area (Å²) in [6, 6.07) is 10.6. The normalized spacial score (nSPS) is 11.6. The van der Waals surface area contributed by atoms with E-state index >= 15 is 0 Å². The van der Waals surface area contributed by atoms with E-state index in [9.17, 15) is 13.2 Å². The molecule has 0 aliphatic carbocycles. The van der Waals surface area contributed by atoms with E-state index in [0.29, 0.717) is 28.5 Å². The standard InChI is InChI=1S/C23H32N2O6S/c1-23(2,3)17-8-10-18(11-9-17)25(32(7,27)28)15-21(26)24-14-16-12-19(29-4)22(31-6)20(13-16)30-5/h8-13H,14-15H2,1-7H3,(H,24,26). The van der Waals surface area contributed by atoms with E-state index in [4.69, 9.17) is 14.2 Å². The smallest absolute Gasteiger partial charge is 0.241 e. The van der Waals surface area contributed by atoms with Gasteiger partial charge in [-0.25, -0.2) is 8.42 Å². The molecule has 0 spiro atoms. The first-order chi connectivity index (χ1) is 14.9. The Balaban J connectivity index is 2.17. The second-order valence-electron chi connectivity index (χ2n) is 8.38. The highest BCUT2D eigenvalue weighted by Gasteiger charge is 2.22. The molecule has 0 fully saturated rings. The summed E-state index contributed by atoms with van der Waals surface area (Å²) in [5, 5.41) is 2.75. The van der Waals surface area contributed by atoms with Gasteiger partial charge in [0.25, 0.3) is 0 Å². The lowest BCUT2D eigenvalue weighted by Gasteiger charge is -2.24. The average molecular weight is 465 g/mol. The molecule has 2 aromatic carbocycles. The molecule has 0 saturated heterocycles. The molecule has 0 heterocycles. The van der Waals surface area contributed by atoms with Crippen molar-refractivity contribution in [3.05, 3.63) is 47.5 Å². The van der Waals surface area contributed by atoms with Gasteiger partial charge in [-0.3, -0.25) is 9.10 Å². The Morgan fingerprint density at radius 3 is 1.91 bits per heavy atom. The topological polar surface area (TPSA) is 94.2 Å². The maximum atomic E-state index is 12.6. The zero-order valence-electron chi connectivity index (χ0n) is 19.7. The number of methoxy groups -OCH3 is 3. The summed E-state index contributed by atoms with van der Waals surface area (Å²) in [4.78, 5) is 12.6. The summed E-state index contributed by atoms with van der Waals surface area (Å²) < 4.78 is 41.7. The monoisotopic (exact) mass is 464 g/mol. The van der Waals surface area contributed by atoms with Gasteiger partial charge >= 0.3 is 0 Å². The Morgan fingerprint density at radius 1 is 0.969 bits per heavy atom. The number of nitrogens with one attached hydrogen (secondary N) is 1. The van der Waals surface area contributed by atoms with Crippen LogP contribution >= 0.6 is 0 Å². The van der Waals surface area contributed by atoms with Crippen LogP contribution in [-0.2, 0) is 26.8 Å². The molecule has 9 heteroatoms. The number of anilines is 1. The van der Waals surface area contributed by atoms with Crippen LogP contribution in [0, 0.1) is 0 Å². The quantitative estimate of drug-likeness (QED) is 0.613. The first-order valence-electron chi connectivity index (χ1n) is 10.0. The molecular formula is C23H32N2O6S. The van der Waals surface area contributed by atoms with Crippen LogP contribution < -0.4 is 23.8 Å². The van der Waals surface area contributed by atoms with Crippen molar-refractivity contribution in [2.24, 2.45) is 0 Å². The number of carbonyl (C=O) groups excluding carboxylic acids is 1. The SMILES string of the molecule is COc1cc(CNC(=O)CN(c2ccc(C(C)(C)C)cc2)S(C)(=O)=O)cc(OC)c1OC. The first-order valence-corrected chi connectivity index (χ1v) is 11.9. The third-order valence-electron chi connectivity index (χ3n) is 4.92. The molecule has 176 valence electrons. The number of benzene rings is 2. The average Bonchev–Trinajstić information content (AvgIpc) is 2.73. The van der Waals surface area contributed by atoms with Crippen molar-refractivity contribution in [3.8, 4) is 17.2 Å². The second kappa shape index (κ2) is 10.1. The Kier molecular flexibility index (Phi) is 8.01. The molecule has 0 aliphatic heterocycles. The number of ether oxygens (including phenoxy) is 3. The lowest BCUT2D eigenvalue weighted by molar-refractivity contribution is -0.119. The van der Waals surface area contributed by atoms with Crippen LogP contribution in [0.2, 0.25) is 0 Å². The Bertz CT molecular complexity index is 1020. The van der Waals surface area contributed by atoms with Crippen LogP contribution in [-0.4, -0.2) is 48.5 Å². The van der Waals surface area contributed by atoms with Gasteiger partial charge in [-0.05, 0) is 40.8 Å². The third-order valence-corrected chi connectivity index (χ3v) is 6.06. The molecular weight excluding hydrogens is 432 g/mol. The number of amides is 1. The zero-order valence-corrected chi connectivity index (χ0v) is 20.5. The van der Waals surface area contributed by atoms with Crippen LogP contribution in [0.5, 0.6) is 17.2 Å². The third kappa shape index (κ3) is 6.29. The van der Waals surface area contributed by atoms with E-state index in [2.05, 4.69) is 26.1 Å². The van der Waals surface area contributed by atoms with Crippen molar-refractivity contribution in [3.63, 3.8) is 0 Å². The molecule has 0 saturated carbocycles. The predicted octanol–water partition coefficient (Wildman–Crippen LogP) is 3.09. The largest absolute Gasteiger partial charge is 0.493 e. The number of carbonyl (C=O) groups is 1. The first kappa shape index (κ1) is 25.3. The van der Waals surface area contributed by atoms with Crippen LogP contribution in [0.1, 0.15) is 31.9 Å². The Hall–Kier alpha value is -2.94. The fourth-order valence-corrected chi connectivity index (χ4v) is 4.01. The van der Waals surface area contributed by atoms with E-state index in [1.165, 1.54) is 21.3 Å². The number of nitrogens with zero attached hydrogens (tertiary/aromatic N) is 1. The molecule has 2 aromatic rings. The molecule has 0 aliphatic rings. The van der Waals surface area contributed by atoms with E-state index in [1.54, 1.807) is 24.3 Å². The van der Waals surface area contributed by atoms with E-state index < -0.39 is 15.9 Å². The summed E-state index contributed by atoms with van der Waals surface area (Å²) >= 11 is 0. The highest BCUT2D eigenvalue weighted by Crippen LogP contribution is 2.38. The van der Waals surface area contributed by atoms with E-state index in [1.807, 2.05) is 12.1 Å². The van der Waals surface area contributed by atoms with E-state index in [0.717, 1.165) is 16.1 Å². The maximum absolute atomic E-state index is 12.6. The number of hydrogen-bond acceptors (Lipinski definition) is 6. The van der Waals surface area contributed by atoms with Gasteiger partial charge in [0.2, 0.25) is 21.7 Å². The minimum Gasteiger partial charge on any atom is -0.493 e. The number of hydrogen-bond donors (Lipinski definition) is 1. The van der Waals surface area contributed by atoms with Crippen molar-refractivity contribution in [2.75, 3.05) is 38.4 Å². The van der Waals surface area contributed by atoms with Gasteiger partial charge in [0.05, 0.1) is 33.3 Å². The number of sulfonamides is 1. The minimum absolute atomic E-state index is 0.0632. The van der Waals surface area contributed by atoms with Crippen molar-refractivity contribution in [1.82, 2.24) is 5.32 Å². The molecule has 0 atom stereocenters. The Morgan fingerprint density at radius 2 is 1.50 bits per heavy atom. The van der Waals surface area contributed by atoms with Gasteiger partial charge in [0.15, 0.2) is 11.5 Å². The van der Waals surface area contributed by atoms with Gasteiger partial charge in [-0.2, -0.15) is 0 Å². The molecule has 32 heavy (non-hydrogen) atoms. The summed E-state index contributed by atoms with van der Waals surface area (Å²) in [6.07, 6.45) is 1.08. The van der Waals surface area contributed by atoms with Gasteiger partial charge in [0, 0.05) is 6.54 Å². The number of rotatable bonds is 9. The summed E-state index contributed by atoms with van der Waals surface area (Å²) in [6.45, 7) is 6.06. The molecule has 0 aromatic heterocycles. The van der Waals surface area contributed by atoms with Gasteiger partial charge in [-0.1, -0.05) is 32.9 Å². The van der Waals surface area contributed by atoms with Crippen LogP contribution in [0.3, 0.4) is 0 Å². The highest BCUT2D eigenvalue weighted by atomic mass is 32.2. The molecule has 0 bridgehead atoms. The van der Waals surface area contributed by atoms with Crippen LogP contribution in [0.15, 0.2) is 36.4 Å².